The molecular weight excluding hydrogens is 196 g/mol. The van der Waals surface area contributed by atoms with Gasteiger partial charge in [0.2, 0.25) is 0 Å². The molecular formula is C6H7BrN2O. The Kier molecular flexibility index (Phi) is 2.11. The van der Waals surface area contributed by atoms with Gasteiger partial charge in [-0.2, -0.15) is 0 Å². The lowest BCUT2D eigenvalue weighted by Crippen LogP contribution is -2.18. The second kappa shape index (κ2) is 2.88. The Morgan fingerprint density at radius 2 is 2.50 bits per heavy atom. The van der Waals surface area contributed by atoms with Gasteiger partial charge in [-0.05, 0) is 6.07 Å². The number of amides is 1. The lowest BCUT2D eigenvalue weighted by atomic mass is 10.5. The van der Waals surface area contributed by atoms with Gasteiger partial charge in [0, 0.05) is 35.4 Å². The third-order valence-corrected chi connectivity index (χ3v) is 1.76. The van der Waals surface area contributed by atoms with Gasteiger partial charge in [0.15, 0.2) is 0 Å². The second-order valence-corrected chi connectivity index (χ2v) is 2.56. The molecule has 1 heterocycles. The summed E-state index contributed by atoms with van der Waals surface area (Å²) in [7, 11) is 1.69. The van der Waals surface area contributed by atoms with Crippen molar-refractivity contribution in [1.29, 1.82) is 0 Å². The maximum atomic E-state index is 10.7. The molecule has 54 valence electrons. The van der Waals surface area contributed by atoms with E-state index in [1.807, 2.05) is 6.07 Å². The van der Waals surface area contributed by atoms with Crippen LogP contribution in [-0.4, -0.2) is 16.8 Å². The Labute approximate surface area is 67.2 Å². The fourth-order valence-electron chi connectivity index (χ4n) is 0.625. The van der Waals surface area contributed by atoms with E-state index in [1.165, 1.54) is 4.90 Å². The van der Waals surface area contributed by atoms with Gasteiger partial charge in [-0.25, -0.2) is 0 Å². The first-order valence-electron chi connectivity index (χ1n) is 2.78. The van der Waals surface area contributed by atoms with E-state index in [9.17, 15) is 4.79 Å². The van der Waals surface area contributed by atoms with Gasteiger partial charge in [0.25, 0.3) is 4.82 Å². The SMILES string of the molecule is CN(C(=O)Br)c1cc[nH]c1. The number of hydrogen-bond donors (Lipinski definition) is 1. The van der Waals surface area contributed by atoms with Crippen molar-refractivity contribution >= 4 is 26.4 Å². The monoisotopic (exact) mass is 202 g/mol. The first-order chi connectivity index (χ1) is 4.72. The molecule has 3 nitrogen and oxygen atoms in total. The largest absolute Gasteiger partial charge is 0.366 e. The molecule has 1 rings (SSSR count). The summed E-state index contributed by atoms with van der Waals surface area (Å²) in [4.78, 5) is 14.9. The van der Waals surface area contributed by atoms with Crippen LogP contribution in [0.4, 0.5) is 10.5 Å². The summed E-state index contributed by atoms with van der Waals surface area (Å²) in [5.41, 5.74) is 0.849. The van der Waals surface area contributed by atoms with Crippen LogP contribution in [0.3, 0.4) is 0 Å². The molecule has 0 saturated heterocycles. The third-order valence-electron chi connectivity index (χ3n) is 1.23. The standard InChI is InChI=1S/C6H7BrN2O/c1-9(6(7)10)5-2-3-8-4-5/h2-4,8H,1H3. The van der Waals surface area contributed by atoms with Crippen LogP contribution < -0.4 is 4.90 Å². The Hall–Kier alpha value is -0.770. The van der Waals surface area contributed by atoms with Gasteiger partial charge in [-0.1, -0.05) is 0 Å². The highest BCUT2D eigenvalue weighted by molar-refractivity contribution is 9.18. The topological polar surface area (TPSA) is 36.1 Å². The minimum absolute atomic E-state index is 0.146. The first kappa shape index (κ1) is 7.34. The fourth-order valence-corrected chi connectivity index (χ4v) is 0.830. The number of rotatable bonds is 1. The molecule has 1 aromatic rings. The zero-order valence-corrected chi connectivity index (χ0v) is 7.05. The third kappa shape index (κ3) is 1.39. The van der Waals surface area contributed by atoms with E-state index in [0.717, 1.165) is 5.69 Å². The zero-order chi connectivity index (χ0) is 7.56. The van der Waals surface area contributed by atoms with Crippen molar-refractivity contribution in [2.75, 3.05) is 11.9 Å². The summed E-state index contributed by atoms with van der Waals surface area (Å²) in [5, 5.41) is 0. The molecule has 4 heteroatoms. The van der Waals surface area contributed by atoms with Gasteiger partial charge in [0.05, 0.1) is 5.69 Å². The number of hydrogen-bond acceptors (Lipinski definition) is 1. The quantitative estimate of drug-likeness (QED) is 0.549. The maximum Gasteiger partial charge on any atom is 0.293 e. The maximum absolute atomic E-state index is 10.7. The van der Waals surface area contributed by atoms with Crippen LogP contribution in [0.5, 0.6) is 0 Å². The van der Waals surface area contributed by atoms with Gasteiger partial charge >= 0.3 is 0 Å². The Bertz CT molecular complexity index is 220. The van der Waals surface area contributed by atoms with Crippen molar-refractivity contribution in [1.82, 2.24) is 4.98 Å². The molecule has 0 aliphatic rings. The molecule has 10 heavy (non-hydrogen) atoms. The summed E-state index contributed by atoms with van der Waals surface area (Å²) >= 11 is 2.83. The first-order valence-corrected chi connectivity index (χ1v) is 3.57. The van der Waals surface area contributed by atoms with E-state index in [2.05, 4.69) is 20.9 Å². The van der Waals surface area contributed by atoms with Crippen molar-refractivity contribution in [3.63, 3.8) is 0 Å². The van der Waals surface area contributed by atoms with E-state index in [4.69, 9.17) is 0 Å². The fraction of sp³-hybridized carbons (Fsp3) is 0.167. The summed E-state index contributed by atoms with van der Waals surface area (Å²) in [5.74, 6) is 0. The molecule has 1 aromatic heterocycles. The van der Waals surface area contributed by atoms with Crippen LogP contribution in [0.1, 0.15) is 0 Å². The molecule has 0 aromatic carbocycles. The molecule has 1 amide bonds. The average Bonchev–Trinajstić information content (AvgIpc) is 2.36. The van der Waals surface area contributed by atoms with E-state index >= 15 is 0 Å². The van der Waals surface area contributed by atoms with Crippen LogP contribution in [0.15, 0.2) is 18.5 Å². The number of carbonyl (C=O) groups excluding carboxylic acids is 1. The van der Waals surface area contributed by atoms with Crippen LogP contribution in [0, 0.1) is 0 Å². The molecule has 0 aliphatic heterocycles. The highest BCUT2D eigenvalue weighted by Gasteiger charge is 2.05. The number of aromatic amines is 1. The van der Waals surface area contributed by atoms with Crippen LogP contribution in [0.25, 0.3) is 0 Å². The molecule has 0 saturated carbocycles. The number of nitrogens with one attached hydrogen (secondary N) is 1. The Balaban J connectivity index is 2.77. The zero-order valence-electron chi connectivity index (χ0n) is 5.47. The van der Waals surface area contributed by atoms with E-state index in [0.29, 0.717) is 0 Å². The predicted molar refractivity (Wildman–Crippen MR) is 43.5 cm³/mol. The van der Waals surface area contributed by atoms with Gasteiger partial charge in [-0.15, -0.1) is 0 Å². The van der Waals surface area contributed by atoms with Crippen molar-refractivity contribution in [3.05, 3.63) is 18.5 Å². The molecule has 0 unspecified atom stereocenters. The van der Waals surface area contributed by atoms with Crippen molar-refractivity contribution in [3.8, 4) is 0 Å². The lowest BCUT2D eigenvalue weighted by Gasteiger charge is -2.09. The summed E-state index contributed by atoms with van der Waals surface area (Å²) in [6, 6.07) is 1.82. The molecule has 0 bridgehead atoms. The summed E-state index contributed by atoms with van der Waals surface area (Å²) in [6.45, 7) is 0. The predicted octanol–water partition coefficient (Wildman–Crippen LogP) is 1.97. The molecule has 0 atom stereocenters. The van der Waals surface area contributed by atoms with Crippen LogP contribution >= 0.6 is 15.9 Å². The Morgan fingerprint density at radius 1 is 1.80 bits per heavy atom. The highest BCUT2D eigenvalue weighted by Crippen LogP contribution is 2.12. The normalized spacial score (nSPS) is 9.40. The van der Waals surface area contributed by atoms with Crippen molar-refractivity contribution in [2.24, 2.45) is 0 Å². The number of carbonyl (C=O) groups is 1. The number of halogens is 1. The van der Waals surface area contributed by atoms with E-state index < -0.39 is 0 Å². The summed E-state index contributed by atoms with van der Waals surface area (Å²) < 4.78 is 0. The van der Waals surface area contributed by atoms with Gasteiger partial charge in [0.1, 0.15) is 0 Å². The van der Waals surface area contributed by atoms with E-state index in [-0.39, 0.29) is 4.82 Å². The van der Waals surface area contributed by atoms with Crippen LogP contribution in [-0.2, 0) is 0 Å². The molecule has 1 N–H and O–H groups in total. The molecule has 0 aliphatic carbocycles. The average molecular weight is 203 g/mol. The number of anilines is 1. The lowest BCUT2D eigenvalue weighted by molar-refractivity contribution is 0.267. The molecule has 0 radical (unpaired) electrons. The number of aromatic nitrogens is 1. The van der Waals surface area contributed by atoms with Crippen molar-refractivity contribution in [2.45, 2.75) is 0 Å². The van der Waals surface area contributed by atoms with Crippen molar-refractivity contribution < 1.29 is 4.79 Å². The van der Waals surface area contributed by atoms with Crippen LogP contribution in [0.2, 0.25) is 0 Å². The minimum atomic E-state index is -0.146. The van der Waals surface area contributed by atoms with Gasteiger partial charge < -0.3 is 9.88 Å². The minimum Gasteiger partial charge on any atom is -0.366 e. The molecule has 0 spiro atoms. The van der Waals surface area contributed by atoms with Gasteiger partial charge in [-0.3, -0.25) is 4.79 Å². The Morgan fingerprint density at radius 3 is 2.90 bits per heavy atom. The molecule has 0 fully saturated rings. The highest BCUT2D eigenvalue weighted by atomic mass is 79.9. The number of nitrogens with zero attached hydrogens (tertiary/aromatic N) is 1. The van der Waals surface area contributed by atoms with E-state index in [1.54, 1.807) is 19.4 Å². The smallest absolute Gasteiger partial charge is 0.293 e. The summed E-state index contributed by atoms with van der Waals surface area (Å²) in [6.07, 6.45) is 3.51. The number of H-pyrrole nitrogens is 1. The second-order valence-electron chi connectivity index (χ2n) is 1.88.